The first-order valence-electron chi connectivity index (χ1n) is 10.8. The van der Waals surface area contributed by atoms with Gasteiger partial charge < -0.3 is 25.0 Å². The summed E-state index contributed by atoms with van der Waals surface area (Å²) in [6.45, 7) is 0.968. The van der Waals surface area contributed by atoms with Gasteiger partial charge in [0.25, 0.3) is 0 Å². The first-order chi connectivity index (χ1) is 17.3. The number of phosphoric acid groups is 1. The number of phosphoric ester groups is 1. The van der Waals surface area contributed by atoms with Gasteiger partial charge in [-0.3, -0.25) is 4.52 Å². The van der Waals surface area contributed by atoms with E-state index in [1.54, 1.807) is 6.07 Å². The minimum Gasteiger partial charge on any atom is -0.493 e. The van der Waals surface area contributed by atoms with Gasteiger partial charge in [0.1, 0.15) is 15.8 Å². The van der Waals surface area contributed by atoms with Gasteiger partial charge in [0, 0.05) is 5.56 Å². The molecular formula is C22H24F4N3O6PS. The topological polar surface area (TPSA) is 137 Å². The Hall–Kier alpha value is -2.61. The second kappa shape index (κ2) is 11.8. The molecule has 4 N–H and O–H groups in total. The summed E-state index contributed by atoms with van der Waals surface area (Å²) in [7, 11) is -4.78. The highest BCUT2D eigenvalue weighted by atomic mass is 32.1. The fraction of sp³-hybridized carbons (Fsp3) is 0.364. The number of hydrogen-bond donors (Lipinski definition) is 3. The molecule has 0 fully saturated rings. The molecule has 202 valence electrons. The Morgan fingerprint density at radius 3 is 2.30 bits per heavy atom. The van der Waals surface area contributed by atoms with Gasteiger partial charge in [-0.1, -0.05) is 23.5 Å². The van der Waals surface area contributed by atoms with E-state index in [0.717, 1.165) is 17.4 Å². The molecule has 0 spiro atoms. The summed E-state index contributed by atoms with van der Waals surface area (Å²) in [5.41, 5.74) is 3.66. The number of aromatic nitrogens is 2. The Kier molecular flexibility index (Phi) is 9.27. The van der Waals surface area contributed by atoms with Gasteiger partial charge in [-0.15, -0.1) is 10.2 Å². The van der Waals surface area contributed by atoms with E-state index in [2.05, 4.69) is 14.7 Å². The second-order valence-electron chi connectivity index (χ2n) is 8.14. The summed E-state index contributed by atoms with van der Waals surface area (Å²) in [6.07, 6.45) is -3.91. The highest BCUT2D eigenvalue weighted by Crippen LogP contribution is 2.41. The monoisotopic (exact) mass is 565 g/mol. The van der Waals surface area contributed by atoms with Gasteiger partial charge in [0.2, 0.25) is 0 Å². The zero-order valence-corrected chi connectivity index (χ0v) is 21.2. The molecule has 0 unspecified atom stereocenters. The molecule has 0 aliphatic heterocycles. The molecule has 0 aliphatic rings. The Bertz CT molecular complexity index is 1250. The van der Waals surface area contributed by atoms with Crippen LogP contribution < -0.4 is 15.2 Å². The van der Waals surface area contributed by atoms with Crippen molar-refractivity contribution < 1.29 is 45.9 Å². The van der Waals surface area contributed by atoms with Gasteiger partial charge in [-0.25, -0.2) is 8.96 Å². The second-order valence-corrected chi connectivity index (χ2v) is 10.4. The maximum Gasteiger partial charge on any atom is 0.469 e. The standard InChI is InChI=1S/C22H24F4N3O6PS/c1-21(27,13-35-36(30,31)32)20-29-28-19(37-20)14-8-9-17(15(12-14)22(24,25)26)33-10-4-5-11-34-18-7-3-2-6-16(18)23/h2-3,6-9,12H,4-5,10-11,13,27H2,1H3,(H2,30,31,32)/t21-/m0/s1. The van der Waals surface area contributed by atoms with Gasteiger partial charge >= 0.3 is 14.0 Å². The number of nitrogens with zero attached hydrogens (tertiary/aromatic N) is 2. The van der Waals surface area contributed by atoms with Crippen LogP contribution in [0.2, 0.25) is 0 Å². The van der Waals surface area contributed by atoms with Gasteiger partial charge in [-0.05, 0) is 50.1 Å². The largest absolute Gasteiger partial charge is 0.493 e. The molecule has 37 heavy (non-hydrogen) atoms. The number of para-hydroxylation sites is 1. The molecule has 1 aromatic heterocycles. The molecule has 2 aromatic carbocycles. The number of unbranched alkanes of at least 4 members (excludes halogenated alkanes) is 1. The summed E-state index contributed by atoms with van der Waals surface area (Å²) in [5.74, 6) is -0.765. The number of rotatable bonds is 12. The van der Waals surface area contributed by atoms with Crippen LogP contribution in [0.4, 0.5) is 17.6 Å². The quantitative estimate of drug-likeness (QED) is 0.159. The van der Waals surface area contributed by atoms with Crippen molar-refractivity contribution >= 4 is 19.2 Å². The van der Waals surface area contributed by atoms with Crippen LogP contribution in [0.3, 0.4) is 0 Å². The molecule has 1 heterocycles. The van der Waals surface area contributed by atoms with E-state index in [1.165, 1.54) is 37.3 Å². The molecule has 0 radical (unpaired) electrons. The Morgan fingerprint density at radius 1 is 1.03 bits per heavy atom. The van der Waals surface area contributed by atoms with Crippen molar-refractivity contribution in [3.63, 3.8) is 0 Å². The van der Waals surface area contributed by atoms with Crippen molar-refractivity contribution in [2.75, 3.05) is 19.8 Å². The molecule has 0 aliphatic carbocycles. The van der Waals surface area contributed by atoms with Crippen molar-refractivity contribution in [2.45, 2.75) is 31.5 Å². The molecule has 3 rings (SSSR count). The molecule has 0 bridgehead atoms. The van der Waals surface area contributed by atoms with E-state index < -0.39 is 37.5 Å². The average molecular weight is 565 g/mol. The van der Waals surface area contributed by atoms with Crippen LogP contribution in [-0.4, -0.2) is 39.8 Å². The zero-order valence-electron chi connectivity index (χ0n) is 19.4. The predicted molar refractivity (Wildman–Crippen MR) is 127 cm³/mol. The average Bonchev–Trinajstić information content (AvgIpc) is 3.32. The predicted octanol–water partition coefficient (Wildman–Crippen LogP) is 4.88. The molecule has 15 heteroatoms. The number of ether oxygens (including phenoxy) is 2. The van der Waals surface area contributed by atoms with Crippen LogP contribution in [0.1, 0.15) is 30.3 Å². The summed E-state index contributed by atoms with van der Waals surface area (Å²) >= 11 is 0.866. The van der Waals surface area contributed by atoms with E-state index in [9.17, 15) is 22.1 Å². The third-order valence-electron chi connectivity index (χ3n) is 4.87. The molecule has 0 saturated heterocycles. The fourth-order valence-electron chi connectivity index (χ4n) is 2.99. The van der Waals surface area contributed by atoms with E-state index in [0.29, 0.717) is 12.8 Å². The lowest BCUT2D eigenvalue weighted by atomic mass is 10.1. The van der Waals surface area contributed by atoms with Crippen LogP contribution in [0.25, 0.3) is 10.6 Å². The molecule has 0 saturated carbocycles. The van der Waals surface area contributed by atoms with Crippen LogP contribution in [0.15, 0.2) is 42.5 Å². The first kappa shape index (κ1) is 29.0. The molecular weight excluding hydrogens is 541 g/mol. The lowest BCUT2D eigenvalue weighted by molar-refractivity contribution is -0.138. The minimum atomic E-state index is -4.78. The number of halogens is 4. The van der Waals surface area contributed by atoms with Crippen molar-refractivity contribution in [1.82, 2.24) is 10.2 Å². The molecule has 0 amide bonds. The third-order valence-corrected chi connectivity index (χ3v) is 6.59. The van der Waals surface area contributed by atoms with Crippen LogP contribution in [0.5, 0.6) is 11.5 Å². The van der Waals surface area contributed by atoms with Gasteiger partial charge in [-0.2, -0.15) is 13.2 Å². The van der Waals surface area contributed by atoms with Crippen LogP contribution >= 0.6 is 19.2 Å². The summed E-state index contributed by atoms with van der Waals surface area (Å²) in [4.78, 5) is 17.7. The Labute approximate surface area is 213 Å². The zero-order chi connectivity index (χ0) is 27.3. The van der Waals surface area contributed by atoms with Crippen molar-refractivity contribution in [3.05, 3.63) is 58.9 Å². The lowest BCUT2D eigenvalue weighted by Crippen LogP contribution is -2.37. The minimum absolute atomic E-state index is 0.0168. The normalized spacial score (nSPS) is 13.8. The van der Waals surface area contributed by atoms with E-state index in [-0.39, 0.29) is 40.3 Å². The van der Waals surface area contributed by atoms with E-state index >= 15 is 0 Å². The first-order valence-corrected chi connectivity index (χ1v) is 13.2. The SMILES string of the molecule is C[C@](N)(COP(=O)(O)O)c1nnc(-c2ccc(OCCCCOc3ccccc3F)c(C(F)(F)F)c2)s1. The van der Waals surface area contributed by atoms with E-state index in [1.807, 2.05) is 0 Å². The highest BCUT2D eigenvalue weighted by molar-refractivity contribution is 7.46. The molecule has 9 nitrogen and oxygen atoms in total. The van der Waals surface area contributed by atoms with Gasteiger partial charge in [0.15, 0.2) is 11.6 Å². The maximum atomic E-state index is 13.7. The van der Waals surface area contributed by atoms with Gasteiger partial charge in [0.05, 0.1) is 30.9 Å². The summed E-state index contributed by atoms with van der Waals surface area (Å²) in [6, 6.07) is 9.34. The smallest absolute Gasteiger partial charge is 0.469 e. The molecule has 1 atom stereocenters. The maximum absolute atomic E-state index is 13.7. The fourth-order valence-corrected chi connectivity index (χ4v) is 4.31. The van der Waals surface area contributed by atoms with Crippen LogP contribution in [-0.2, 0) is 20.8 Å². The van der Waals surface area contributed by atoms with Crippen molar-refractivity contribution in [2.24, 2.45) is 5.73 Å². The van der Waals surface area contributed by atoms with Crippen molar-refractivity contribution in [3.8, 4) is 22.1 Å². The molecule has 3 aromatic rings. The van der Waals surface area contributed by atoms with E-state index in [4.69, 9.17) is 25.0 Å². The summed E-state index contributed by atoms with van der Waals surface area (Å²) in [5, 5.41) is 7.94. The number of alkyl halides is 3. The van der Waals surface area contributed by atoms with Crippen molar-refractivity contribution in [1.29, 1.82) is 0 Å². The highest BCUT2D eigenvalue weighted by Gasteiger charge is 2.35. The van der Waals surface area contributed by atoms with Crippen LogP contribution in [0, 0.1) is 5.82 Å². The third kappa shape index (κ3) is 8.45. The number of hydrogen-bond acceptors (Lipinski definition) is 8. The lowest BCUT2D eigenvalue weighted by Gasteiger charge is -2.21. The Balaban J connectivity index is 1.64. The Morgan fingerprint density at radius 2 is 1.68 bits per heavy atom. The number of benzene rings is 2. The number of nitrogens with two attached hydrogens (primary N) is 1. The summed E-state index contributed by atoms with van der Waals surface area (Å²) < 4.78 is 80.8.